The molecule has 6 rings (SSSR count). The molecule has 0 radical (unpaired) electrons. The molecule has 0 bridgehead atoms. The molecular formula is C34H32ClF3N6O3. The molecule has 4 atom stereocenters. The van der Waals surface area contributed by atoms with Gasteiger partial charge in [0.1, 0.15) is 23.4 Å². The Kier molecular flexibility index (Phi) is 9.19. The molecule has 47 heavy (non-hydrogen) atoms. The molecule has 2 aliphatic carbocycles. The van der Waals surface area contributed by atoms with Gasteiger partial charge in [0.05, 0.1) is 23.2 Å². The van der Waals surface area contributed by atoms with Gasteiger partial charge in [-0.1, -0.05) is 24.3 Å². The third kappa shape index (κ3) is 6.67. The van der Waals surface area contributed by atoms with Gasteiger partial charge in [0, 0.05) is 48.9 Å². The standard InChI is InChI=1S/C34H32ClF3N6O3/c35-25-4-2-1-3-24(25)32(28(45)7-5-20-9-12-34(37,38)13-10-20)43(23-16-22-19-41-42-31(22)26(36)17-23)33(47)27-6-8-30(46)44(27)29-15-21(18-39)11-14-40-29/h1-4,11,14-17,19-20,24-25,27,32H,5-10,12-13H2,(H,41,42)/t24?,25?,27-,32-/m0/s1. The number of fused-ring (bicyclic) bond motifs is 1. The van der Waals surface area contributed by atoms with E-state index >= 15 is 4.39 Å². The first kappa shape index (κ1) is 32.4. The lowest BCUT2D eigenvalue weighted by Crippen LogP contribution is -2.57. The molecule has 2 amide bonds. The fourth-order valence-corrected chi connectivity index (χ4v) is 7.14. The quantitative estimate of drug-likeness (QED) is 0.265. The summed E-state index contributed by atoms with van der Waals surface area (Å²) < 4.78 is 43.2. The molecule has 244 valence electrons. The lowest BCUT2D eigenvalue weighted by Gasteiger charge is -2.39. The zero-order valence-corrected chi connectivity index (χ0v) is 26.0. The van der Waals surface area contributed by atoms with E-state index in [4.69, 9.17) is 11.6 Å². The van der Waals surface area contributed by atoms with Gasteiger partial charge in [-0.05, 0) is 55.9 Å². The van der Waals surface area contributed by atoms with Gasteiger partial charge in [-0.3, -0.25) is 29.3 Å². The summed E-state index contributed by atoms with van der Waals surface area (Å²) in [4.78, 5) is 49.2. The maximum absolute atomic E-state index is 15.5. The highest BCUT2D eigenvalue weighted by Crippen LogP contribution is 2.40. The topological polar surface area (TPSA) is 123 Å². The number of aromatic nitrogens is 3. The first-order chi connectivity index (χ1) is 22.6. The second kappa shape index (κ2) is 13.3. The lowest BCUT2D eigenvalue weighted by molar-refractivity contribution is -0.127. The monoisotopic (exact) mass is 664 g/mol. The lowest BCUT2D eigenvalue weighted by atomic mass is 9.81. The van der Waals surface area contributed by atoms with Crippen LogP contribution in [-0.4, -0.2) is 56.2 Å². The largest absolute Gasteiger partial charge is 0.299 e. The van der Waals surface area contributed by atoms with E-state index < -0.39 is 46.9 Å². The molecule has 1 saturated carbocycles. The number of carbonyl (C=O) groups is 3. The van der Waals surface area contributed by atoms with E-state index in [0.29, 0.717) is 11.8 Å². The molecule has 3 heterocycles. The molecular weight excluding hydrogens is 633 g/mol. The fourth-order valence-electron chi connectivity index (χ4n) is 6.84. The number of allylic oxidation sites excluding steroid dienone is 3. The summed E-state index contributed by atoms with van der Waals surface area (Å²) in [6.45, 7) is 0. The minimum absolute atomic E-state index is 0.00691. The predicted octanol–water partition coefficient (Wildman–Crippen LogP) is 6.39. The molecule has 3 aromatic rings. The number of pyridine rings is 1. The Hall–Kier alpha value is -4.50. The van der Waals surface area contributed by atoms with Crippen LogP contribution in [-0.2, 0) is 14.4 Å². The van der Waals surface area contributed by atoms with Crippen molar-refractivity contribution >= 4 is 51.6 Å². The molecule has 9 nitrogen and oxygen atoms in total. The number of carbonyl (C=O) groups excluding carboxylic acids is 3. The first-order valence-corrected chi connectivity index (χ1v) is 16.0. The van der Waals surface area contributed by atoms with Crippen LogP contribution < -0.4 is 9.80 Å². The van der Waals surface area contributed by atoms with Crippen LogP contribution in [0.15, 0.2) is 61.0 Å². The highest BCUT2D eigenvalue weighted by atomic mass is 35.5. The van der Waals surface area contributed by atoms with Crippen molar-refractivity contribution in [2.45, 2.75) is 74.7 Å². The molecule has 13 heteroatoms. The van der Waals surface area contributed by atoms with E-state index in [-0.39, 0.29) is 79.2 Å². The number of nitrogens with zero attached hydrogens (tertiary/aromatic N) is 5. The number of Topliss-reactive ketones (excluding diaryl/α,β-unsaturated/α-hetero) is 1. The number of nitriles is 1. The van der Waals surface area contributed by atoms with Crippen molar-refractivity contribution < 1.29 is 27.6 Å². The van der Waals surface area contributed by atoms with E-state index in [2.05, 4.69) is 15.2 Å². The Morgan fingerprint density at radius 1 is 1.17 bits per heavy atom. The maximum atomic E-state index is 15.5. The predicted molar refractivity (Wildman–Crippen MR) is 169 cm³/mol. The van der Waals surface area contributed by atoms with E-state index in [1.807, 2.05) is 6.07 Å². The molecule has 2 fully saturated rings. The second-order valence-corrected chi connectivity index (χ2v) is 12.8. The SMILES string of the molecule is N#Cc1ccnc(N2C(=O)CC[C@H]2C(=O)N(c2cc(F)c3[nH]ncc3c2)[C@H](C(=O)CCC2CCC(F)(F)CC2)C2C=CC=CC2Cl)c1. The summed E-state index contributed by atoms with van der Waals surface area (Å²) in [5, 5.41) is 15.6. The Bertz CT molecular complexity index is 1790. The van der Waals surface area contributed by atoms with Gasteiger partial charge < -0.3 is 0 Å². The Morgan fingerprint density at radius 3 is 2.68 bits per heavy atom. The average molecular weight is 665 g/mol. The first-order valence-electron chi connectivity index (χ1n) is 15.6. The van der Waals surface area contributed by atoms with Gasteiger partial charge in [-0.15, -0.1) is 11.6 Å². The highest BCUT2D eigenvalue weighted by molar-refractivity contribution is 6.22. The van der Waals surface area contributed by atoms with Crippen molar-refractivity contribution in [3.8, 4) is 6.07 Å². The minimum Gasteiger partial charge on any atom is -0.299 e. The second-order valence-electron chi connectivity index (χ2n) is 12.3. The van der Waals surface area contributed by atoms with Gasteiger partial charge >= 0.3 is 0 Å². The van der Waals surface area contributed by atoms with E-state index in [1.165, 1.54) is 34.3 Å². The van der Waals surface area contributed by atoms with Gasteiger partial charge in [-0.2, -0.15) is 10.4 Å². The van der Waals surface area contributed by atoms with Crippen LogP contribution >= 0.6 is 11.6 Å². The zero-order chi connectivity index (χ0) is 33.3. The number of ketones is 1. The molecule has 1 N–H and O–H groups in total. The van der Waals surface area contributed by atoms with E-state index in [9.17, 15) is 28.4 Å². The smallest absolute Gasteiger partial charge is 0.250 e. The zero-order valence-electron chi connectivity index (χ0n) is 25.3. The number of hydrogen-bond donors (Lipinski definition) is 1. The molecule has 2 aromatic heterocycles. The number of halogens is 4. The molecule has 1 aliphatic heterocycles. The highest BCUT2D eigenvalue weighted by Gasteiger charge is 2.46. The van der Waals surface area contributed by atoms with Gasteiger partial charge in [0.25, 0.3) is 5.91 Å². The van der Waals surface area contributed by atoms with Crippen molar-refractivity contribution in [1.82, 2.24) is 15.2 Å². The van der Waals surface area contributed by atoms with Crippen LogP contribution in [0.25, 0.3) is 10.9 Å². The maximum Gasteiger partial charge on any atom is 0.250 e. The van der Waals surface area contributed by atoms with E-state index in [1.54, 1.807) is 30.4 Å². The summed E-state index contributed by atoms with van der Waals surface area (Å²) in [6.07, 6.45) is 10.2. The number of H-pyrrole nitrogens is 1. The Labute approximate surface area is 274 Å². The van der Waals surface area contributed by atoms with Crippen LogP contribution in [0.3, 0.4) is 0 Å². The number of amides is 2. The number of hydrogen-bond acceptors (Lipinski definition) is 6. The van der Waals surface area contributed by atoms with Gasteiger partial charge in [0.15, 0.2) is 11.6 Å². The van der Waals surface area contributed by atoms with Crippen molar-refractivity contribution in [2.75, 3.05) is 9.80 Å². The number of nitrogens with one attached hydrogen (secondary N) is 1. The van der Waals surface area contributed by atoms with Crippen LogP contribution in [0.2, 0.25) is 0 Å². The van der Waals surface area contributed by atoms with Crippen molar-refractivity contribution in [1.29, 1.82) is 5.26 Å². The summed E-state index contributed by atoms with van der Waals surface area (Å²) in [6, 6.07) is 5.23. The fraction of sp³-hybridized carbons (Fsp3) is 0.412. The molecule has 0 spiro atoms. The number of alkyl halides is 3. The van der Waals surface area contributed by atoms with Crippen LogP contribution in [0.4, 0.5) is 24.7 Å². The molecule has 1 aromatic carbocycles. The summed E-state index contributed by atoms with van der Waals surface area (Å²) in [5.41, 5.74) is 0.425. The summed E-state index contributed by atoms with van der Waals surface area (Å²) in [5.74, 6) is -5.53. The Morgan fingerprint density at radius 2 is 1.94 bits per heavy atom. The number of anilines is 2. The third-order valence-corrected chi connectivity index (χ3v) is 9.77. The van der Waals surface area contributed by atoms with Crippen LogP contribution in [0.1, 0.15) is 56.9 Å². The Balaban J connectivity index is 1.42. The summed E-state index contributed by atoms with van der Waals surface area (Å²) >= 11 is 6.78. The van der Waals surface area contributed by atoms with Crippen LogP contribution in [0, 0.1) is 29.0 Å². The van der Waals surface area contributed by atoms with Gasteiger partial charge in [-0.25, -0.2) is 18.2 Å². The van der Waals surface area contributed by atoms with Crippen molar-refractivity contribution in [3.05, 3.63) is 72.3 Å². The number of rotatable bonds is 9. The summed E-state index contributed by atoms with van der Waals surface area (Å²) in [7, 11) is 0. The normalized spacial score (nSPS) is 23.2. The van der Waals surface area contributed by atoms with Crippen LogP contribution in [0.5, 0.6) is 0 Å². The molecule has 3 aliphatic rings. The van der Waals surface area contributed by atoms with E-state index in [0.717, 1.165) is 6.07 Å². The number of aromatic amines is 1. The number of benzene rings is 1. The molecule has 2 unspecified atom stereocenters. The average Bonchev–Trinajstić information content (AvgIpc) is 3.70. The minimum atomic E-state index is -2.71. The third-order valence-electron chi connectivity index (χ3n) is 9.33. The van der Waals surface area contributed by atoms with Crippen molar-refractivity contribution in [3.63, 3.8) is 0 Å². The van der Waals surface area contributed by atoms with Crippen molar-refractivity contribution in [2.24, 2.45) is 11.8 Å². The molecule has 1 saturated heterocycles. The van der Waals surface area contributed by atoms with Gasteiger partial charge in [0.2, 0.25) is 11.8 Å².